The van der Waals surface area contributed by atoms with Gasteiger partial charge in [-0.3, -0.25) is 45.0 Å². The Morgan fingerprint density at radius 2 is 1.35 bits per heavy atom. The number of aromatic nitrogens is 4. The molecule has 2 aromatic heterocycles. The summed E-state index contributed by atoms with van der Waals surface area (Å²) >= 11 is 0. The van der Waals surface area contributed by atoms with Crippen LogP contribution in [0.3, 0.4) is 0 Å². The van der Waals surface area contributed by atoms with E-state index in [1.165, 1.54) is 38.1 Å². The number of hydrogen-bond donors (Lipinski definition) is 5. The number of amides is 5. The van der Waals surface area contributed by atoms with Gasteiger partial charge >= 0.3 is 0 Å². The Kier molecular flexibility index (Phi) is 10.1. The van der Waals surface area contributed by atoms with E-state index in [0.717, 1.165) is 5.01 Å². The van der Waals surface area contributed by atoms with E-state index < -0.39 is 17.7 Å². The molecule has 0 unspecified atom stereocenters. The van der Waals surface area contributed by atoms with Crippen molar-refractivity contribution in [1.82, 2.24) is 24.9 Å². The molecule has 1 aliphatic heterocycles. The van der Waals surface area contributed by atoms with Crippen molar-refractivity contribution in [3.63, 3.8) is 0 Å². The number of hydrazine groups is 1. The highest BCUT2D eigenvalue weighted by Crippen LogP contribution is 2.24. The fourth-order valence-electron chi connectivity index (χ4n) is 4.90. The fraction of sp³-hybridized carbons (Fsp3) is 0.0556. The number of nitrogens with zero attached hydrogens (tertiary/aromatic N) is 6. The van der Waals surface area contributed by atoms with Crippen LogP contribution in [0.4, 0.5) is 29.2 Å². The van der Waals surface area contributed by atoms with Crippen molar-refractivity contribution in [1.29, 1.82) is 0 Å². The number of carbonyl (C=O) groups excluding carboxylic acids is 5. The highest BCUT2D eigenvalue weighted by Gasteiger charge is 2.33. The van der Waals surface area contributed by atoms with Crippen molar-refractivity contribution in [3.8, 4) is 0 Å². The standard InChI is InChI=1S/C36H29N11O5/c1-21(48)38-26-15-10-13-24(19-26)31(50)41-34-43-35(42-32(51)27-16-6-7-17-28(27)39-22(2)49)45-36(44-34)46-47-30(23-11-4-3-5-12-23)40-29(33(47)52)20-25-14-8-9-18-37-25/h3-20H,1-2H3,(H,38,48)(H,39,49)(H3,41,42,43,44,45,46,50,51)/b29-20+. The summed E-state index contributed by atoms with van der Waals surface area (Å²) in [6.07, 6.45) is 3.12. The molecule has 0 fully saturated rings. The lowest BCUT2D eigenvalue weighted by atomic mass is 10.1. The monoisotopic (exact) mass is 695 g/mol. The Labute approximate surface area is 296 Å². The minimum absolute atomic E-state index is 0.0646. The van der Waals surface area contributed by atoms with Crippen LogP contribution in [0.1, 0.15) is 45.8 Å². The molecule has 5 N–H and O–H groups in total. The van der Waals surface area contributed by atoms with E-state index in [0.29, 0.717) is 16.9 Å². The third kappa shape index (κ3) is 8.32. The van der Waals surface area contributed by atoms with E-state index in [2.05, 4.69) is 51.6 Å². The topological polar surface area (TPSA) is 213 Å². The minimum Gasteiger partial charge on any atom is -0.326 e. The van der Waals surface area contributed by atoms with Crippen molar-refractivity contribution in [2.45, 2.75) is 13.8 Å². The average Bonchev–Trinajstić information content (AvgIpc) is 3.42. The second kappa shape index (κ2) is 15.3. The van der Waals surface area contributed by atoms with Crippen molar-refractivity contribution in [2.24, 2.45) is 4.99 Å². The predicted molar refractivity (Wildman–Crippen MR) is 193 cm³/mol. The van der Waals surface area contributed by atoms with Gasteiger partial charge in [-0.2, -0.15) is 20.0 Å². The molecular formula is C36H29N11O5. The molecular weight excluding hydrogens is 666 g/mol. The molecule has 1 aliphatic rings. The Balaban J connectivity index is 1.36. The molecule has 0 bridgehead atoms. The Bertz CT molecular complexity index is 2260. The Hall–Kier alpha value is -7.62. The van der Waals surface area contributed by atoms with Gasteiger partial charge < -0.3 is 10.6 Å². The summed E-state index contributed by atoms with van der Waals surface area (Å²) < 4.78 is 0. The lowest BCUT2D eigenvalue weighted by Gasteiger charge is -2.20. The molecule has 16 heteroatoms. The molecule has 0 saturated carbocycles. The summed E-state index contributed by atoms with van der Waals surface area (Å²) in [5.41, 5.74) is 4.89. The number of carbonyl (C=O) groups is 5. The lowest BCUT2D eigenvalue weighted by molar-refractivity contribution is -0.121. The maximum absolute atomic E-state index is 13.8. The van der Waals surface area contributed by atoms with Crippen LogP contribution in [0.2, 0.25) is 0 Å². The van der Waals surface area contributed by atoms with Crippen LogP contribution in [0.5, 0.6) is 0 Å². The van der Waals surface area contributed by atoms with Gasteiger partial charge in [-0.1, -0.05) is 54.6 Å². The maximum Gasteiger partial charge on any atom is 0.297 e. The third-order valence-electron chi connectivity index (χ3n) is 7.09. The van der Waals surface area contributed by atoms with Crippen LogP contribution < -0.4 is 26.7 Å². The summed E-state index contributed by atoms with van der Waals surface area (Å²) in [5.74, 6) is -3.26. The molecule has 0 aliphatic carbocycles. The van der Waals surface area contributed by atoms with E-state index in [1.807, 2.05) is 6.07 Å². The maximum atomic E-state index is 13.8. The van der Waals surface area contributed by atoms with Crippen molar-refractivity contribution < 1.29 is 24.0 Å². The van der Waals surface area contributed by atoms with Crippen LogP contribution in [-0.4, -0.2) is 60.3 Å². The molecule has 5 aromatic rings. The molecule has 0 radical (unpaired) electrons. The van der Waals surface area contributed by atoms with Gasteiger partial charge in [0.25, 0.3) is 17.7 Å². The Morgan fingerprint density at radius 1 is 0.673 bits per heavy atom. The van der Waals surface area contributed by atoms with Crippen LogP contribution in [-0.2, 0) is 14.4 Å². The SMILES string of the molecule is CC(=O)Nc1cccc(C(=O)Nc2nc(NC(=O)c3ccccc3NC(C)=O)nc(NN3C(=O)/C(=C\c4ccccn4)N=C3c3ccccc3)n2)c1. The first-order valence-electron chi connectivity index (χ1n) is 15.6. The largest absolute Gasteiger partial charge is 0.326 e. The summed E-state index contributed by atoms with van der Waals surface area (Å²) in [6, 6.07) is 26.6. The van der Waals surface area contributed by atoms with Crippen LogP contribution in [0.25, 0.3) is 6.08 Å². The van der Waals surface area contributed by atoms with Crippen molar-refractivity contribution in [3.05, 3.63) is 131 Å². The molecule has 0 atom stereocenters. The van der Waals surface area contributed by atoms with Crippen LogP contribution >= 0.6 is 0 Å². The Morgan fingerprint density at radius 3 is 2.06 bits per heavy atom. The van der Waals surface area contributed by atoms with E-state index in [9.17, 15) is 24.0 Å². The summed E-state index contributed by atoms with van der Waals surface area (Å²) in [5, 5.41) is 11.5. The van der Waals surface area contributed by atoms with Crippen LogP contribution in [0.15, 0.2) is 114 Å². The second-order valence-corrected chi connectivity index (χ2v) is 11.0. The number of hydrogen-bond acceptors (Lipinski definition) is 11. The summed E-state index contributed by atoms with van der Waals surface area (Å²) in [6.45, 7) is 2.65. The zero-order valence-electron chi connectivity index (χ0n) is 27.6. The third-order valence-corrected chi connectivity index (χ3v) is 7.09. The first-order valence-corrected chi connectivity index (χ1v) is 15.6. The molecule has 0 saturated heterocycles. The molecule has 3 heterocycles. The highest BCUT2D eigenvalue weighted by molar-refractivity contribution is 6.20. The first-order chi connectivity index (χ1) is 25.1. The first kappa shape index (κ1) is 34.3. The lowest BCUT2D eigenvalue weighted by Crippen LogP contribution is -2.38. The molecule has 5 amide bonds. The molecule has 0 spiro atoms. The predicted octanol–water partition coefficient (Wildman–Crippen LogP) is 4.35. The van der Waals surface area contributed by atoms with Crippen molar-refractivity contribution in [2.75, 3.05) is 26.7 Å². The molecule has 52 heavy (non-hydrogen) atoms. The summed E-state index contributed by atoms with van der Waals surface area (Å²) in [4.78, 5) is 85.7. The van der Waals surface area contributed by atoms with Gasteiger partial charge in [0.1, 0.15) is 5.70 Å². The fourth-order valence-corrected chi connectivity index (χ4v) is 4.90. The van der Waals surface area contributed by atoms with Crippen LogP contribution in [0, 0.1) is 0 Å². The molecule has 16 nitrogen and oxygen atoms in total. The number of rotatable bonds is 10. The van der Waals surface area contributed by atoms with Gasteiger partial charge in [0, 0.05) is 36.9 Å². The van der Waals surface area contributed by atoms with Gasteiger partial charge in [0.15, 0.2) is 5.84 Å². The smallest absolute Gasteiger partial charge is 0.297 e. The van der Waals surface area contributed by atoms with Gasteiger partial charge in [0.05, 0.1) is 16.9 Å². The van der Waals surface area contributed by atoms with Crippen molar-refractivity contribution >= 4 is 70.7 Å². The second-order valence-electron chi connectivity index (χ2n) is 11.0. The number of amidine groups is 1. The van der Waals surface area contributed by atoms with Gasteiger partial charge in [0.2, 0.25) is 29.7 Å². The molecule has 3 aromatic carbocycles. The van der Waals surface area contributed by atoms with Gasteiger partial charge in [-0.15, -0.1) is 0 Å². The number of aliphatic imine (C=N–C) groups is 1. The number of nitrogens with one attached hydrogen (secondary N) is 5. The average molecular weight is 696 g/mol. The number of pyridine rings is 1. The zero-order valence-corrected chi connectivity index (χ0v) is 27.6. The number of para-hydroxylation sites is 1. The van der Waals surface area contributed by atoms with E-state index in [4.69, 9.17) is 0 Å². The normalized spacial score (nSPS) is 12.9. The van der Waals surface area contributed by atoms with E-state index >= 15 is 0 Å². The highest BCUT2D eigenvalue weighted by atomic mass is 16.2. The molecule has 258 valence electrons. The molecule has 6 rings (SSSR count). The number of anilines is 5. The van der Waals surface area contributed by atoms with Gasteiger partial charge in [-0.25, -0.2) is 4.99 Å². The van der Waals surface area contributed by atoms with Gasteiger partial charge in [-0.05, 0) is 48.5 Å². The summed E-state index contributed by atoms with van der Waals surface area (Å²) in [7, 11) is 0. The van der Waals surface area contributed by atoms with E-state index in [-0.39, 0.29) is 58.0 Å². The zero-order chi connectivity index (χ0) is 36.6. The van der Waals surface area contributed by atoms with E-state index in [1.54, 1.807) is 79.0 Å². The quantitative estimate of drug-likeness (QED) is 0.130. The number of benzene rings is 3. The minimum atomic E-state index is -0.689.